The second-order valence-electron chi connectivity index (χ2n) is 6.67. The number of anilines is 1. The zero-order valence-corrected chi connectivity index (χ0v) is 18.5. The normalized spacial score (nSPS) is 11.2. The number of allylic oxidation sites excluding steroid dienone is 2. The molecule has 0 atom stereocenters. The fourth-order valence-electron chi connectivity index (χ4n) is 3.30. The Bertz CT molecular complexity index is 914. The molecule has 28 heavy (non-hydrogen) atoms. The summed E-state index contributed by atoms with van der Waals surface area (Å²) < 4.78 is 15.3. The lowest BCUT2D eigenvalue weighted by Gasteiger charge is -2.18. The van der Waals surface area contributed by atoms with Crippen molar-refractivity contribution < 1.29 is 13.9 Å². The van der Waals surface area contributed by atoms with E-state index in [1.165, 1.54) is 12.1 Å². The van der Waals surface area contributed by atoms with Gasteiger partial charge in [-0.05, 0) is 65.4 Å². The molecule has 0 fully saturated rings. The van der Waals surface area contributed by atoms with E-state index in [0.29, 0.717) is 46.4 Å². The van der Waals surface area contributed by atoms with Crippen LogP contribution in [0.1, 0.15) is 59.2 Å². The maximum atomic E-state index is 13.9. The Balaban J connectivity index is 2.58. The maximum absolute atomic E-state index is 13.9. The van der Waals surface area contributed by atoms with Crippen LogP contribution >= 0.6 is 15.9 Å². The molecular weight excluding hydrogens is 423 g/mol. The molecule has 2 aromatic rings. The number of hydrogen-bond acceptors (Lipinski definition) is 2. The Labute approximate surface area is 174 Å². The minimum Gasteiger partial charge on any atom is -0.618 e. The first-order chi connectivity index (χ1) is 13.3. The minimum atomic E-state index is -0.383. The summed E-state index contributed by atoms with van der Waals surface area (Å²) in [7, 11) is 0. The van der Waals surface area contributed by atoms with Gasteiger partial charge < -0.3 is 10.5 Å². The van der Waals surface area contributed by atoms with Crippen molar-refractivity contribution in [3.63, 3.8) is 0 Å². The molecular formula is C22H26BrFN2O2. The lowest BCUT2D eigenvalue weighted by molar-refractivity contribution is -0.619. The third kappa shape index (κ3) is 4.27. The van der Waals surface area contributed by atoms with Crippen molar-refractivity contribution >= 4 is 27.5 Å². The zero-order chi connectivity index (χ0) is 21.0. The van der Waals surface area contributed by atoms with Crippen molar-refractivity contribution in [1.29, 1.82) is 0 Å². The van der Waals surface area contributed by atoms with Crippen LogP contribution in [0.5, 0.6) is 0 Å². The predicted octanol–water partition coefficient (Wildman–Crippen LogP) is 5.33. The number of amides is 1. The molecule has 2 rings (SSSR count). The van der Waals surface area contributed by atoms with Crippen LogP contribution in [0.2, 0.25) is 0 Å². The number of aromatic nitrogens is 1. The molecule has 1 aromatic heterocycles. The van der Waals surface area contributed by atoms with Crippen LogP contribution < -0.4 is 10.0 Å². The summed E-state index contributed by atoms with van der Waals surface area (Å²) in [4.78, 5) is 13.2. The third-order valence-electron chi connectivity index (χ3n) is 4.94. The maximum Gasteiger partial charge on any atom is 0.263 e. The summed E-state index contributed by atoms with van der Waals surface area (Å²) >= 11 is 3.54. The summed E-state index contributed by atoms with van der Waals surface area (Å²) in [5, 5.41) is 15.5. The van der Waals surface area contributed by atoms with Gasteiger partial charge >= 0.3 is 0 Å². The van der Waals surface area contributed by atoms with Gasteiger partial charge in [0.25, 0.3) is 5.91 Å². The van der Waals surface area contributed by atoms with Gasteiger partial charge in [0.05, 0.1) is 0 Å². The highest BCUT2D eigenvalue weighted by Gasteiger charge is 2.27. The largest absolute Gasteiger partial charge is 0.618 e. The van der Waals surface area contributed by atoms with Crippen LogP contribution in [-0.4, -0.2) is 5.91 Å². The van der Waals surface area contributed by atoms with Crippen LogP contribution in [0, 0.1) is 24.9 Å². The van der Waals surface area contributed by atoms with Gasteiger partial charge in [-0.25, -0.2) is 4.39 Å². The number of aryl methyl sites for hydroxylation is 2. The van der Waals surface area contributed by atoms with Crippen LogP contribution in [0.15, 0.2) is 28.8 Å². The molecule has 0 aliphatic rings. The summed E-state index contributed by atoms with van der Waals surface area (Å²) in [5.74, 6) is -0.697. The third-order valence-corrected chi connectivity index (χ3v) is 5.82. The number of benzene rings is 1. The van der Waals surface area contributed by atoms with Gasteiger partial charge in [0.2, 0.25) is 5.69 Å². The lowest BCUT2D eigenvalue weighted by Crippen LogP contribution is -2.38. The second kappa shape index (κ2) is 9.32. The Morgan fingerprint density at radius 2 is 1.79 bits per heavy atom. The average molecular weight is 449 g/mol. The number of carbonyl (C=O) groups is 1. The van der Waals surface area contributed by atoms with E-state index in [9.17, 15) is 14.4 Å². The molecule has 0 saturated heterocycles. The number of rotatable bonds is 6. The molecule has 0 unspecified atom stereocenters. The number of hydrogen-bond donors (Lipinski definition) is 1. The van der Waals surface area contributed by atoms with Crippen LogP contribution in [0.25, 0.3) is 0 Å². The average Bonchev–Trinajstić information content (AvgIpc) is 2.67. The van der Waals surface area contributed by atoms with Crippen molar-refractivity contribution in [2.24, 2.45) is 0 Å². The van der Waals surface area contributed by atoms with E-state index in [2.05, 4.69) is 21.2 Å². The molecule has 150 valence electrons. The van der Waals surface area contributed by atoms with Gasteiger partial charge in [-0.1, -0.05) is 26.0 Å². The van der Waals surface area contributed by atoms with Gasteiger partial charge in [-0.15, -0.1) is 0 Å². The van der Waals surface area contributed by atoms with Gasteiger partial charge in [-0.3, -0.25) is 4.79 Å². The molecule has 0 saturated carbocycles. The Morgan fingerprint density at radius 3 is 2.29 bits per heavy atom. The second-order valence-corrected chi connectivity index (χ2v) is 7.46. The van der Waals surface area contributed by atoms with E-state index in [4.69, 9.17) is 0 Å². The van der Waals surface area contributed by atoms with Crippen molar-refractivity contribution in [3.05, 3.63) is 73.4 Å². The van der Waals surface area contributed by atoms with Crippen molar-refractivity contribution in [2.45, 2.75) is 53.9 Å². The fraction of sp³-hybridized carbons (Fsp3) is 0.364. The number of pyridine rings is 1. The molecule has 1 N–H and O–H groups in total. The standard InChI is InChI=1S/C22H26BrFN2O2/c1-6-9-10-18-13(4)26(28)14(5)19(20(18)23)22(27)25-21-15(7-2)11-17(24)12-16(21)8-3/h6,9,11-12H,7-8,10H2,1-5H3,(H,25,27)/b9-6+. The molecule has 0 aliphatic carbocycles. The molecule has 6 heteroatoms. The highest BCUT2D eigenvalue weighted by atomic mass is 79.9. The molecule has 1 aromatic carbocycles. The number of carbonyl (C=O) groups excluding carboxylic acids is 1. The molecule has 1 heterocycles. The van der Waals surface area contributed by atoms with Gasteiger partial charge in [-0.2, -0.15) is 4.73 Å². The van der Waals surface area contributed by atoms with Crippen LogP contribution in [0.3, 0.4) is 0 Å². The minimum absolute atomic E-state index is 0.300. The van der Waals surface area contributed by atoms with E-state index in [-0.39, 0.29) is 11.7 Å². The van der Waals surface area contributed by atoms with Crippen molar-refractivity contribution in [2.75, 3.05) is 5.32 Å². The molecule has 0 aliphatic heterocycles. The Hall–Kier alpha value is -2.21. The quantitative estimate of drug-likeness (QED) is 0.368. The van der Waals surface area contributed by atoms with Gasteiger partial charge in [0, 0.05) is 29.6 Å². The summed E-state index contributed by atoms with van der Waals surface area (Å²) in [6.45, 7) is 9.11. The Morgan fingerprint density at radius 1 is 1.21 bits per heavy atom. The van der Waals surface area contributed by atoms with E-state index < -0.39 is 0 Å². The van der Waals surface area contributed by atoms with Crippen molar-refractivity contribution in [3.8, 4) is 0 Å². The number of nitrogens with zero attached hydrogens (tertiary/aromatic N) is 1. The Kier molecular flexibility index (Phi) is 7.35. The summed E-state index contributed by atoms with van der Waals surface area (Å²) in [6.07, 6.45) is 5.56. The van der Waals surface area contributed by atoms with E-state index in [0.717, 1.165) is 21.4 Å². The zero-order valence-electron chi connectivity index (χ0n) is 17.0. The van der Waals surface area contributed by atoms with Crippen LogP contribution in [0.4, 0.5) is 10.1 Å². The molecule has 1 amide bonds. The first-order valence-electron chi connectivity index (χ1n) is 9.41. The first kappa shape index (κ1) is 22.1. The monoisotopic (exact) mass is 448 g/mol. The first-order valence-corrected chi connectivity index (χ1v) is 10.2. The highest BCUT2D eigenvalue weighted by molar-refractivity contribution is 9.10. The van der Waals surface area contributed by atoms with Gasteiger partial charge in [0.1, 0.15) is 11.4 Å². The number of nitrogens with one attached hydrogen (secondary N) is 1. The predicted molar refractivity (Wildman–Crippen MR) is 114 cm³/mol. The lowest BCUT2D eigenvalue weighted by atomic mass is 10.0. The highest BCUT2D eigenvalue weighted by Crippen LogP contribution is 2.29. The molecule has 0 radical (unpaired) electrons. The number of halogens is 2. The molecule has 0 bridgehead atoms. The SMILES string of the molecule is C/C=C/Cc1c(Br)c(C(=O)Nc2c(CC)cc(F)cc2CC)c(C)[n+]([O-])c1C. The van der Waals surface area contributed by atoms with Crippen LogP contribution in [-0.2, 0) is 19.3 Å². The summed E-state index contributed by atoms with van der Waals surface area (Å²) in [5.41, 5.74) is 4.04. The summed E-state index contributed by atoms with van der Waals surface area (Å²) in [6, 6.07) is 2.88. The smallest absolute Gasteiger partial charge is 0.263 e. The van der Waals surface area contributed by atoms with E-state index >= 15 is 0 Å². The fourth-order valence-corrected chi connectivity index (χ4v) is 4.22. The molecule has 0 spiro atoms. The molecule has 4 nitrogen and oxygen atoms in total. The van der Waals surface area contributed by atoms with E-state index in [1.807, 2.05) is 32.9 Å². The van der Waals surface area contributed by atoms with E-state index in [1.54, 1.807) is 13.8 Å². The topological polar surface area (TPSA) is 56.0 Å². The van der Waals surface area contributed by atoms with Gasteiger partial charge in [0.15, 0.2) is 5.69 Å². The van der Waals surface area contributed by atoms with Crippen molar-refractivity contribution in [1.82, 2.24) is 0 Å².